The molecule has 1 aromatic rings. The lowest BCUT2D eigenvalue weighted by molar-refractivity contribution is 0.0937. The van der Waals surface area contributed by atoms with Crippen molar-refractivity contribution in [2.45, 2.75) is 46.1 Å². The fourth-order valence-electron chi connectivity index (χ4n) is 1.94. The van der Waals surface area contributed by atoms with Gasteiger partial charge in [-0.3, -0.25) is 4.79 Å². The van der Waals surface area contributed by atoms with Crippen LogP contribution in [-0.4, -0.2) is 22.2 Å². The van der Waals surface area contributed by atoms with Gasteiger partial charge in [-0.2, -0.15) is 0 Å². The average molecular weight is 265 g/mol. The Hall–Kier alpha value is -1.71. The quantitative estimate of drug-likeness (QED) is 0.740. The van der Waals surface area contributed by atoms with E-state index in [0.717, 1.165) is 19.3 Å². The summed E-state index contributed by atoms with van der Waals surface area (Å²) in [5.41, 5.74) is 0.271. The number of amides is 1. The molecule has 1 unspecified atom stereocenters. The van der Waals surface area contributed by atoms with Gasteiger partial charge in [-0.1, -0.05) is 26.7 Å². The zero-order chi connectivity index (χ0) is 14.4. The van der Waals surface area contributed by atoms with E-state index >= 15 is 0 Å². The van der Waals surface area contributed by atoms with Gasteiger partial charge < -0.3 is 15.5 Å². The summed E-state index contributed by atoms with van der Waals surface area (Å²) in [5.74, 6) is 0.171. The molecule has 3 N–H and O–H groups in total. The first-order chi connectivity index (χ1) is 8.88. The molecule has 0 aromatic heterocycles. The molecule has 1 rings (SSSR count). The van der Waals surface area contributed by atoms with Crippen LogP contribution < -0.4 is 5.32 Å². The summed E-state index contributed by atoms with van der Waals surface area (Å²) >= 11 is 0. The Kier molecular flexibility index (Phi) is 5.67. The molecule has 0 bridgehead atoms. The summed E-state index contributed by atoms with van der Waals surface area (Å²) in [4.78, 5) is 11.9. The summed E-state index contributed by atoms with van der Waals surface area (Å²) in [6.45, 7) is 6.32. The molecule has 0 saturated carbocycles. The van der Waals surface area contributed by atoms with Crippen molar-refractivity contribution in [1.82, 2.24) is 5.32 Å². The molecule has 4 nitrogen and oxygen atoms in total. The third-order valence-electron chi connectivity index (χ3n) is 2.96. The van der Waals surface area contributed by atoms with Gasteiger partial charge in [0.05, 0.1) is 0 Å². The molecule has 106 valence electrons. The van der Waals surface area contributed by atoms with E-state index in [-0.39, 0.29) is 29.0 Å². The van der Waals surface area contributed by atoms with E-state index in [1.165, 1.54) is 18.2 Å². The van der Waals surface area contributed by atoms with E-state index in [1.807, 2.05) is 6.92 Å². The standard InChI is InChI=1S/C15H23NO3/c1-10(2)5-4-6-11(3)16-15(19)12-7-13(17)9-14(18)8-12/h7-11,17-18H,4-6H2,1-3H3,(H,16,19). The van der Waals surface area contributed by atoms with Gasteiger partial charge in [0, 0.05) is 17.7 Å². The smallest absolute Gasteiger partial charge is 0.251 e. The van der Waals surface area contributed by atoms with Crippen molar-refractivity contribution < 1.29 is 15.0 Å². The number of aromatic hydroxyl groups is 2. The number of nitrogens with one attached hydrogen (secondary N) is 1. The molecule has 0 aliphatic rings. The van der Waals surface area contributed by atoms with Crippen molar-refractivity contribution in [3.63, 3.8) is 0 Å². The first-order valence-corrected chi connectivity index (χ1v) is 6.72. The molecule has 0 saturated heterocycles. The van der Waals surface area contributed by atoms with Gasteiger partial charge in [0.25, 0.3) is 5.91 Å². The molecule has 0 aliphatic heterocycles. The molecule has 19 heavy (non-hydrogen) atoms. The predicted octanol–water partition coefficient (Wildman–Crippen LogP) is 3.04. The van der Waals surface area contributed by atoms with Crippen LogP contribution in [0.25, 0.3) is 0 Å². The van der Waals surface area contributed by atoms with Crippen molar-refractivity contribution in [3.05, 3.63) is 23.8 Å². The lowest BCUT2D eigenvalue weighted by Crippen LogP contribution is -2.32. The van der Waals surface area contributed by atoms with Crippen LogP contribution in [0.5, 0.6) is 11.5 Å². The minimum atomic E-state index is -0.275. The van der Waals surface area contributed by atoms with Crippen LogP contribution in [0.3, 0.4) is 0 Å². The number of hydrogen-bond acceptors (Lipinski definition) is 3. The SMILES string of the molecule is CC(C)CCCC(C)NC(=O)c1cc(O)cc(O)c1. The van der Waals surface area contributed by atoms with Crippen LogP contribution in [0.15, 0.2) is 18.2 Å². The molecular formula is C15H23NO3. The zero-order valence-corrected chi connectivity index (χ0v) is 11.8. The van der Waals surface area contributed by atoms with E-state index in [1.54, 1.807) is 0 Å². The first-order valence-electron chi connectivity index (χ1n) is 6.72. The number of carbonyl (C=O) groups is 1. The van der Waals surface area contributed by atoms with Crippen molar-refractivity contribution in [3.8, 4) is 11.5 Å². The van der Waals surface area contributed by atoms with E-state index in [0.29, 0.717) is 5.92 Å². The Bertz CT molecular complexity index is 409. The zero-order valence-electron chi connectivity index (χ0n) is 11.8. The number of phenolic OH excluding ortho intramolecular Hbond substituents is 2. The lowest BCUT2D eigenvalue weighted by atomic mass is 10.0. The van der Waals surface area contributed by atoms with Crippen molar-refractivity contribution in [2.75, 3.05) is 0 Å². The summed E-state index contributed by atoms with van der Waals surface area (Å²) < 4.78 is 0. The van der Waals surface area contributed by atoms with Gasteiger partial charge in [-0.25, -0.2) is 0 Å². The number of rotatable bonds is 6. The third-order valence-corrected chi connectivity index (χ3v) is 2.96. The molecule has 0 radical (unpaired) electrons. The second-order valence-corrected chi connectivity index (χ2v) is 5.44. The topological polar surface area (TPSA) is 69.6 Å². The lowest BCUT2D eigenvalue weighted by Gasteiger charge is -2.14. The molecule has 0 aliphatic carbocycles. The summed E-state index contributed by atoms with van der Waals surface area (Å²) in [6, 6.07) is 3.96. The maximum Gasteiger partial charge on any atom is 0.251 e. The summed E-state index contributed by atoms with van der Waals surface area (Å²) in [6.07, 6.45) is 3.15. The van der Waals surface area contributed by atoms with Gasteiger partial charge in [0.15, 0.2) is 0 Å². The number of carbonyl (C=O) groups excluding carboxylic acids is 1. The van der Waals surface area contributed by atoms with Crippen molar-refractivity contribution in [2.24, 2.45) is 5.92 Å². The van der Waals surface area contributed by atoms with Crippen LogP contribution in [0.2, 0.25) is 0 Å². The molecule has 1 aromatic carbocycles. The van der Waals surface area contributed by atoms with Crippen LogP contribution in [0.4, 0.5) is 0 Å². The molecule has 0 heterocycles. The molecule has 4 heteroatoms. The monoisotopic (exact) mass is 265 g/mol. The Balaban J connectivity index is 2.49. The molecule has 1 amide bonds. The largest absolute Gasteiger partial charge is 0.508 e. The van der Waals surface area contributed by atoms with Crippen molar-refractivity contribution >= 4 is 5.91 Å². The van der Waals surface area contributed by atoms with Gasteiger partial charge in [-0.05, 0) is 31.4 Å². The molecule has 0 spiro atoms. The maximum absolute atomic E-state index is 11.9. The van der Waals surface area contributed by atoms with Crippen LogP contribution in [0, 0.1) is 5.92 Å². The minimum Gasteiger partial charge on any atom is -0.508 e. The van der Waals surface area contributed by atoms with Gasteiger partial charge in [-0.15, -0.1) is 0 Å². The van der Waals surface area contributed by atoms with Crippen LogP contribution >= 0.6 is 0 Å². The van der Waals surface area contributed by atoms with E-state index in [9.17, 15) is 15.0 Å². The third kappa shape index (κ3) is 5.64. The van der Waals surface area contributed by atoms with E-state index in [2.05, 4.69) is 19.2 Å². The molecule has 0 fully saturated rings. The summed E-state index contributed by atoms with van der Waals surface area (Å²) in [7, 11) is 0. The fourth-order valence-corrected chi connectivity index (χ4v) is 1.94. The number of benzene rings is 1. The van der Waals surface area contributed by atoms with Gasteiger partial charge >= 0.3 is 0 Å². The second kappa shape index (κ2) is 7.02. The van der Waals surface area contributed by atoms with E-state index in [4.69, 9.17) is 0 Å². The Morgan fingerprint density at radius 3 is 2.21 bits per heavy atom. The fraction of sp³-hybridized carbons (Fsp3) is 0.533. The van der Waals surface area contributed by atoms with Crippen molar-refractivity contribution in [1.29, 1.82) is 0 Å². The van der Waals surface area contributed by atoms with Gasteiger partial charge in [0.1, 0.15) is 11.5 Å². The second-order valence-electron chi connectivity index (χ2n) is 5.44. The molecular weight excluding hydrogens is 242 g/mol. The normalized spacial score (nSPS) is 12.4. The minimum absolute atomic E-state index is 0.0794. The van der Waals surface area contributed by atoms with Crippen LogP contribution in [0.1, 0.15) is 50.4 Å². The Labute approximate surface area is 114 Å². The number of hydrogen-bond donors (Lipinski definition) is 3. The highest BCUT2D eigenvalue weighted by molar-refractivity contribution is 5.95. The Morgan fingerprint density at radius 2 is 1.68 bits per heavy atom. The summed E-state index contributed by atoms with van der Waals surface area (Å²) in [5, 5.41) is 21.5. The predicted molar refractivity (Wildman–Crippen MR) is 75.4 cm³/mol. The highest BCUT2D eigenvalue weighted by Gasteiger charge is 2.11. The Morgan fingerprint density at radius 1 is 1.11 bits per heavy atom. The first kappa shape index (κ1) is 15.3. The highest BCUT2D eigenvalue weighted by atomic mass is 16.3. The average Bonchev–Trinajstić information content (AvgIpc) is 2.26. The maximum atomic E-state index is 11.9. The highest BCUT2D eigenvalue weighted by Crippen LogP contribution is 2.20. The van der Waals surface area contributed by atoms with Gasteiger partial charge in [0.2, 0.25) is 0 Å². The molecule has 1 atom stereocenters. The van der Waals surface area contributed by atoms with Crippen LogP contribution in [-0.2, 0) is 0 Å². The number of phenols is 2. The van der Waals surface area contributed by atoms with E-state index < -0.39 is 0 Å².